The first-order valence-electron chi connectivity index (χ1n) is 14.9. The van der Waals surface area contributed by atoms with Crippen molar-refractivity contribution in [1.29, 1.82) is 0 Å². The van der Waals surface area contributed by atoms with Crippen molar-refractivity contribution in [3.63, 3.8) is 0 Å². The molecule has 35 heavy (non-hydrogen) atoms. The van der Waals surface area contributed by atoms with Gasteiger partial charge in [-0.25, -0.2) is 0 Å². The van der Waals surface area contributed by atoms with Gasteiger partial charge in [0.05, 0.1) is 0 Å². The van der Waals surface area contributed by atoms with Crippen LogP contribution in [-0.2, 0) is 15.9 Å². The van der Waals surface area contributed by atoms with E-state index in [1.54, 1.807) is 6.07 Å². The van der Waals surface area contributed by atoms with Crippen LogP contribution >= 0.6 is 0 Å². The minimum absolute atomic E-state index is 0.0190. The molecule has 2 N–H and O–H groups in total. The van der Waals surface area contributed by atoms with Crippen LogP contribution in [0.1, 0.15) is 141 Å². The van der Waals surface area contributed by atoms with Crippen molar-refractivity contribution in [1.82, 2.24) is 0 Å². The molecule has 0 aliphatic heterocycles. The van der Waals surface area contributed by atoms with Crippen molar-refractivity contribution in [3.8, 4) is 11.5 Å². The molecule has 0 radical (unpaired) electrons. The van der Waals surface area contributed by atoms with E-state index < -0.39 is 0 Å². The van der Waals surface area contributed by atoms with Gasteiger partial charge in [-0.1, -0.05) is 116 Å². The first-order valence-corrected chi connectivity index (χ1v) is 14.9. The number of hydrogen-bond donors (Lipinski definition) is 2. The topological polar surface area (TPSA) is 58.9 Å². The monoisotopic (exact) mass is 492 g/mol. The number of hydrogen-bond acceptors (Lipinski definition) is 4. The lowest BCUT2D eigenvalue weighted by atomic mass is 10.0. The van der Waals surface area contributed by atoms with E-state index in [9.17, 15) is 10.2 Å². The Hall–Kier alpha value is -1.26. The molecule has 0 saturated heterocycles. The molecular weight excluding hydrogens is 436 g/mol. The van der Waals surface area contributed by atoms with Gasteiger partial charge >= 0.3 is 0 Å². The summed E-state index contributed by atoms with van der Waals surface area (Å²) in [5, 5.41) is 19.5. The Bertz CT molecular complexity index is 571. The number of aryl methyl sites for hydroxylation is 1. The van der Waals surface area contributed by atoms with Gasteiger partial charge in [0.25, 0.3) is 0 Å². The van der Waals surface area contributed by atoms with Gasteiger partial charge in [0.2, 0.25) is 0 Å². The summed E-state index contributed by atoms with van der Waals surface area (Å²) < 4.78 is 12.3. The number of para-hydroxylation sites is 1. The first kappa shape index (κ1) is 31.8. The summed E-state index contributed by atoms with van der Waals surface area (Å²) in [4.78, 5) is 0. The highest BCUT2D eigenvalue weighted by Gasteiger charge is 2.10. The lowest BCUT2D eigenvalue weighted by Gasteiger charge is -2.19. The molecule has 0 unspecified atom stereocenters. The molecule has 4 heteroatoms. The molecule has 1 rings (SSSR count). The first-order chi connectivity index (χ1) is 17.2. The summed E-state index contributed by atoms with van der Waals surface area (Å²) in [5.74, 6) is 0.0231. The van der Waals surface area contributed by atoms with Gasteiger partial charge < -0.3 is 19.7 Å². The molecule has 4 nitrogen and oxygen atoms in total. The molecule has 0 aliphatic rings. The van der Waals surface area contributed by atoms with E-state index in [0.717, 1.165) is 63.7 Å². The molecule has 204 valence electrons. The Labute approximate surface area is 216 Å². The van der Waals surface area contributed by atoms with Crippen LogP contribution < -0.4 is 0 Å². The average Bonchev–Trinajstić information content (AvgIpc) is 2.86. The largest absolute Gasteiger partial charge is 0.504 e. The maximum Gasteiger partial charge on any atom is 0.160 e. The standard InChI is InChI=1S/C31H56O4/c1-3-5-7-9-15-19-26-34-30(35-27-20-16-10-8-6-4-2)25-18-14-12-11-13-17-22-28-23-21-24-29(32)31(28)33/h21,23-24,30,32-33H,3-20,22,25-27H2,1-2H3. The van der Waals surface area contributed by atoms with E-state index >= 15 is 0 Å². The number of unbranched alkanes of at least 4 members (excludes halogenated alkanes) is 15. The lowest BCUT2D eigenvalue weighted by molar-refractivity contribution is -0.148. The van der Waals surface area contributed by atoms with Crippen LogP contribution in [0.3, 0.4) is 0 Å². The van der Waals surface area contributed by atoms with E-state index in [4.69, 9.17) is 9.47 Å². The van der Waals surface area contributed by atoms with E-state index in [2.05, 4.69) is 13.8 Å². The van der Waals surface area contributed by atoms with Gasteiger partial charge in [0.15, 0.2) is 17.8 Å². The van der Waals surface area contributed by atoms with Crippen LogP contribution in [-0.4, -0.2) is 29.7 Å². The highest BCUT2D eigenvalue weighted by atomic mass is 16.7. The predicted molar refractivity (Wildman–Crippen MR) is 148 cm³/mol. The van der Waals surface area contributed by atoms with Crippen molar-refractivity contribution >= 4 is 0 Å². The van der Waals surface area contributed by atoms with Gasteiger partial charge in [-0.05, 0) is 50.2 Å². The number of phenols is 2. The molecule has 0 aromatic heterocycles. The third kappa shape index (κ3) is 17.8. The fraction of sp³-hybridized carbons (Fsp3) is 0.806. The van der Waals surface area contributed by atoms with Crippen molar-refractivity contribution in [2.24, 2.45) is 0 Å². The van der Waals surface area contributed by atoms with Gasteiger partial charge in [-0.2, -0.15) is 0 Å². The zero-order valence-electron chi connectivity index (χ0n) is 23.1. The Morgan fingerprint density at radius 1 is 0.600 bits per heavy atom. The third-order valence-electron chi connectivity index (χ3n) is 6.84. The SMILES string of the molecule is CCCCCCCCOC(CCCCCCCCc1cccc(O)c1O)OCCCCCCCC. The fourth-order valence-electron chi connectivity index (χ4n) is 4.52. The van der Waals surface area contributed by atoms with Gasteiger partial charge in [-0.3, -0.25) is 0 Å². The van der Waals surface area contributed by atoms with Crippen LogP contribution in [0.4, 0.5) is 0 Å². The zero-order valence-corrected chi connectivity index (χ0v) is 23.1. The smallest absolute Gasteiger partial charge is 0.160 e. The molecule has 0 fully saturated rings. The van der Waals surface area contributed by atoms with E-state index in [1.165, 1.54) is 89.5 Å². The second kappa shape index (κ2) is 23.2. The van der Waals surface area contributed by atoms with Crippen LogP contribution in [0.15, 0.2) is 18.2 Å². The van der Waals surface area contributed by atoms with Gasteiger partial charge in [0, 0.05) is 13.2 Å². The Kier molecular flexibility index (Phi) is 21.0. The predicted octanol–water partition coefficient (Wildman–Crippen LogP) is 9.45. The quantitative estimate of drug-likeness (QED) is 0.0810. The molecule has 0 amide bonds. The second-order valence-corrected chi connectivity index (χ2v) is 10.2. The summed E-state index contributed by atoms with van der Waals surface area (Å²) in [5.41, 5.74) is 0.845. The summed E-state index contributed by atoms with van der Waals surface area (Å²) in [6.07, 6.45) is 24.3. The van der Waals surface area contributed by atoms with E-state index in [1.807, 2.05) is 6.07 Å². The van der Waals surface area contributed by atoms with Crippen molar-refractivity contribution in [2.45, 2.75) is 149 Å². The highest BCUT2D eigenvalue weighted by Crippen LogP contribution is 2.29. The Morgan fingerprint density at radius 3 is 1.66 bits per heavy atom. The number of phenolic OH excluding ortho intramolecular Hbond substituents is 2. The molecule has 0 aliphatic carbocycles. The maximum atomic E-state index is 9.90. The Morgan fingerprint density at radius 2 is 1.09 bits per heavy atom. The minimum atomic E-state index is -0.0324. The maximum absolute atomic E-state index is 9.90. The van der Waals surface area contributed by atoms with E-state index in [-0.39, 0.29) is 17.8 Å². The van der Waals surface area contributed by atoms with Gasteiger partial charge in [0.1, 0.15) is 0 Å². The van der Waals surface area contributed by atoms with Crippen LogP contribution in [0.2, 0.25) is 0 Å². The number of benzene rings is 1. The second-order valence-electron chi connectivity index (χ2n) is 10.2. The third-order valence-corrected chi connectivity index (χ3v) is 6.84. The average molecular weight is 493 g/mol. The van der Waals surface area contributed by atoms with Crippen molar-refractivity contribution in [3.05, 3.63) is 23.8 Å². The van der Waals surface area contributed by atoms with Crippen LogP contribution in [0, 0.1) is 0 Å². The molecule has 0 heterocycles. The van der Waals surface area contributed by atoms with E-state index in [0.29, 0.717) is 0 Å². The summed E-state index contributed by atoms with van der Waals surface area (Å²) in [7, 11) is 0. The fourth-order valence-corrected chi connectivity index (χ4v) is 4.52. The number of ether oxygens (including phenoxy) is 2. The normalized spacial score (nSPS) is 11.5. The molecule has 1 aromatic carbocycles. The molecular formula is C31H56O4. The van der Waals surface area contributed by atoms with Crippen molar-refractivity contribution < 1.29 is 19.7 Å². The summed E-state index contributed by atoms with van der Waals surface area (Å²) >= 11 is 0. The van der Waals surface area contributed by atoms with Crippen LogP contribution in [0.25, 0.3) is 0 Å². The van der Waals surface area contributed by atoms with Gasteiger partial charge in [-0.15, -0.1) is 0 Å². The lowest BCUT2D eigenvalue weighted by Crippen LogP contribution is -2.19. The molecule has 0 spiro atoms. The molecule has 0 bridgehead atoms. The summed E-state index contributed by atoms with van der Waals surface area (Å²) in [6.45, 7) is 6.18. The highest BCUT2D eigenvalue weighted by molar-refractivity contribution is 5.44. The number of rotatable bonds is 25. The Balaban J connectivity index is 2.14. The zero-order chi connectivity index (χ0) is 25.4. The van der Waals surface area contributed by atoms with Crippen molar-refractivity contribution in [2.75, 3.05) is 13.2 Å². The minimum Gasteiger partial charge on any atom is -0.504 e. The van der Waals surface area contributed by atoms with Crippen LogP contribution in [0.5, 0.6) is 11.5 Å². The molecule has 0 atom stereocenters. The number of aromatic hydroxyl groups is 2. The molecule has 1 aromatic rings. The molecule has 0 saturated carbocycles. The summed E-state index contributed by atoms with van der Waals surface area (Å²) in [6, 6.07) is 5.22.